The minimum atomic E-state index is -0.455. The largest absolute Gasteiger partial charge is 0.445 e. The number of amides is 1. The van der Waals surface area contributed by atoms with E-state index in [1.807, 2.05) is 30.3 Å². The summed E-state index contributed by atoms with van der Waals surface area (Å²) in [5, 5.41) is 12.1. The van der Waals surface area contributed by atoms with Crippen molar-refractivity contribution >= 4 is 17.7 Å². The molecular weight excluding hydrogens is 276 g/mol. The number of carbonyl (C=O) groups is 1. The van der Waals surface area contributed by atoms with Gasteiger partial charge in [0.2, 0.25) is 0 Å². The van der Waals surface area contributed by atoms with E-state index in [-0.39, 0.29) is 12.6 Å². The average molecular weight is 291 g/mol. The number of nitriles is 1. The van der Waals surface area contributed by atoms with Crippen LogP contribution in [0.3, 0.4) is 0 Å². The highest BCUT2D eigenvalue weighted by Gasteiger charge is 2.21. The number of hydrogen-bond donors (Lipinski definition) is 1. The van der Waals surface area contributed by atoms with Crippen LogP contribution in [0.4, 0.5) is 4.79 Å². The minimum absolute atomic E-state index is 0.0668. The Morgan fingerprint density at radius 3 is 2.85 bits per heavy atom. The molecular formula is C15H15ClN2O2. The molecule has 0 aliphatic heterocycles. The second kappa shape index (κ2) is 6.97. The maximum absolute atomic E-state index is 11.7. The number of hydrogen-bond acceptors (Lipinski definition) is 3. The summed E-state index contributed by atoms with van der Waals surface area (Å²) in [6.07, 6.45) is 1.34. The van der Waals surface area contributed by atoms with Gasteiger partial charge in [0.1, 0.15) is 6.61 Å². The van der Waals surface area contributed by atoms with Crippen LogP contribution in [-0.4, -0.2) is 12.1 Å². The highest BCUT2D eigenvalue weighted by Crippen LogP contribution is 2.27. The summed E-state index contributed by atoms with van der Waals surface area (Å²) in [4.78, 5) is 11.7. The lowest BCUT2D eigenvalue weighted by atomic mass is 9.96. The molecule has 0 aromatic heterocycles. The zero-order valence-electron chi connectivity index (χ0n) is 10.9. The van der Waals surface area contributed by atoms with E-state index in [9.17, 15) is 4.79 Å². The highest BCUT2D eigenvalue weighted by molar-refractivity contribution is 6.30. The number of allylic oxidation sites excluding steroid dienone is 1. The highest BCUT2D eigenvalue weighted by atomic mass is 35.5. The van der Waals surface area contributed by atoms with Gasteiger partial charge in [0, 0.05) is 23.1 Å². The predicted octanol–water partition coefficient (Wildman–Crippen LogP) is 3.48. The quantitative estimate of drug-likeness (QED) is 0.927. The first-order chi connectivity index (χ1) is 9.69. The van der Waals surface area contributed by atoms with Gasteiger partial charge in [0.25, 0.3) is 0 Å². The van der Waals surface area contributed by atoms with E-state index in [0.29, 0.717) is 29.9 Å². The second-order valence-corrected chi connectivity index (χ2v) is 5.10. The number of benzene rings is 1. The van der Waals surface area contributed by atoms with Crippen LogP contribution < -0.4 is 5.32 Å². The van der Waals surface area contributed by atoms with Gasteiger partial charge >= 0.3 is 6.09 Å². The maximum Gasteiger partial charge on any atom is 0.407 e. The molecule has 0 radical (unpaired) electrons. The van der Waals surface area contributed by atoms with Crippen LogP contribution >= 0.6 is 11.6 Å². The molecule has 2 rings (SSSR count). The summed E-state index contributed by atoms with van der Waals surface area (Å²) >= 11 is 6.00. The Balaban J connectivity index is 1.79. The lowest BCUT2D eigenvalue weighted by molar-refractivity contribution is 0.135. The van der Waals surface area contributed by atoms with Gasteiger partial charge in [-0.25, -0.2) is 4.79 Å². The standard InChI is InChI=1S/C15H15ClN2O2/c16-14-8-13(7-6-12(14)9-17)18-15(19)20-10-11-4-2-1-3-5-11/h1-5,13H,6-8,10H2,(H,18,19). The van der Waals surface area contributed by atoms with Gasteiger partial charge in [-0.15, -0.1) is 0 Å². The van der Waals surface area contributed by atoms with Crippen LogP contribution in [0, 0.1) is 11.3 Å². The topological polar surface area (TPSA) is 62.1 Å². The van der Waals surface area contributed by atoms with E-state index < -0.39 is 6.09 Å². The molecule has 0 saturated carbocycles. The van der Waals surface area contributed by atoms with Gasteiger partial charge in [-0.3, -0.25) is 0 Å². The molecule has 1 aliphatic rings. The maximum atomic E-state index is 11.7. The smallest absolute Gasteiger partial charge is 0.407 e. The third kappa shape index (κ3) is 4.01. The van der Waals surface area contributed by atoms with Crippen molar-refractivity contribution in [2.75, 3.05) is 0 Å². The molecule has 4 nitrogen and oxygen atoms in total. The van der Waals surface area contributed by atoms with Crippen molar-refractivity contribution in [2.24, 2.45) is 0 Å². The molecule has 0 fully saturated rings. The lowest BCUT2D eigenvalue weighted by Gasteiger charge is -2.22. The van der Waals surface area contributed by atoms with E-state index in [4.69, 9.17) is 21.6 Å². The lowest BCUT2D eigenvalue weighted by Crippen LogP contribution is -2.36. The fraction of sp³-hybridized carbons (Fsp3) is 0.333. The normalized spacial score (nSPS) is 18.3. The summed E-state index contributed by atoms with van der Waals surface area (Å²) in [5.41, 5.74) is 1.55. The van der Waals surface area contributed by atoms with Crippen molar-refractivity contribution in [3.05, 3.63) is 46.5 Å². The first-order valence-electron chi connectivity index (χ1n) is 6.44. The fourth-order valence-electron chi connectivity index (χ4n) is 2.07. The molecule has 1 aromatic rings. The molecule has 0 spiro atoms. The molecule has 104 valence electrons. The Labute approximate surface area is 123 Å². The van der Waals surface area contributed by atoms with Gasteiger partial charge in [-0.05, 0) is 18.4 Å². The van der Waals surface area contributed by atoms with E-state index in [0.717, 1.165) is 5.56 Å². The van der Waals surface area contributed by atoms with Gasteiger partial charge in [0.05, 0.1) is 6.07 Å². The number of carbonyl (C=O) groups excluding carboxylic acids is 1. The van der Waals surface area contributed by atoms with Crippen LogP contribution in [-0.2, 0) is 11.3 Å². The molecule has 0 saturated heterocycles. The molecule has 0 heterocycles. The molecule has 0 bridgehead atoms. The zero-order valence-corrected chi connectivity index (χ0v) is 11.7. The Bertz CT molecular complexity index is 549. The average Bonchev–Trinajstić information content (AvgIpc) is 2.46. The van der Waals surface area contributed by atoms with Crippen molar-refractivity contribution in [1.29, 1.82) is 5.26 Å². The zero-order chi connectivity index (χ0) is 14.4. The van der Waals surface area contributed by atoms with E-state index in [1.54, 1.807) is 0 Å². The first kappa shape index (κ1) is 14.4. The molecule has 1 aliphatic carbocycles. The van der Waals surface area contributed by atoms with Crippen molar-refractivity contribution in [3.8, 4) is 6.07 Å². The Morgan fingerprint density at radius 2 is 2.20 bits per heavy atom. The molecule has 1 unspecified atom stereocenters. The monoisotopic (exact) mass is 290 g/mol. The SMILES string of the molecule is N#CC1=C(Cl)CC(NC(=O)OCc2ccccc2)CC1. The molecule has 1 amide bonds. The van der Waals surface area contributed by atoms with E-state index in [1.165, 1.54) is 0 Å². The third-order valence-electron chi connectivity index (χ3n) is 3.17. The first-order valence-corrected chi connectivity index (χ1v) is 6.81. The molecule has 1 atom stereocenters. The van der Waals surface area contributed by atoms with Gasteiger partial charge in [-0.1, -0.05) is 41.9 Å². The van der Waals surface area contributed by atoms with Crippen LogP contribution in [0.2, 0.25) is 0 Å². The van der Waals surface area contributed by atoms with E-state index >= 15 is 0 Å². The van der Waals surface area contributed by atoms with Gasteiger partial charge < -0.3 is 10.1 Å². The number of halogens is 1. The Kier molecular flexibility index (Phi) is 5.03. The summed E-state index contributed by atoms with van der Waals surface area (Å²) < 4.78 is 5.15. The summed E-state index contributed by atoms with van der Waals surface area (Å²) in [7, 11) is 0. The minimum Gasteiger partial charge on any atom is -0.445 e. The Hall–Kier alpha value is -1.99. The number of nitrogens with zero attached hydrogens (tertiary/aromatic N) is 1. The third-order valence-corrected chi connectivity index (χ3v) is 3.55. The van der Waals surface area contributed by atoms with E-state index in [2.05, 4.69) is 11.4 Å². The molecule has 5 heteroatoms. The van der Waals surface area contributed by atoms with Crippen molar-refractivity contribution in [3.63, 3.8) is 0 Å². The number of ether oxygens (including phenoxy) is 1. The predicted molar refractivity (Wildman–Crippen MR) is 75.9 cm³/mol. The molecule has 20 heavy (non-hydrogen) atoms. The molecule has 1 N–H and O–H groups in total. The van der Waals surface area contributed by atoms with Crippen LogP contribution in [0.5, 0.6) is 0 Å². The van der Waals surface area contributed by atoms with Gasteiger partial charge in [0.15, 0.2) is 0 Å². The van der Waals surface area contributed by atoms with Gasteiger partial charge in [-0.2, -0.15) is 5.26 Å². The number of rotatable bonds is 3. The molecule has 1 aromatic carbocycles. The van der Waals surface area contributed by atoms with Crippen molar-refractivity contribution in [1.82, 2.24) is 5.32 Å². The number of alkyl carbamates (subject to hydrolysis) is 1. The van der Waals surface area contributed by atoms with Crippen LogP contribution in [0.25, 0.3) is 0 Å². The van der Waals surface area contributed by atoms with Crippen molar-refractivity contribution < 1.29 is 9.53 Å². The summed E-state index contributed by atoms with van der Waals surface area (Å²) in [6.45, 7) is 0.242. The fourth-order valence-corrected chi connectivity index (χ4v) is 2.39. The number of nitrogens with one attached hydrogen (secondary N) is 1. The van der Waals surface area contributed by atoms with Crippen molar-refractivity contribution in [2.45, 2.75) is 31.9 Å². The van der Waals surface area contributed by atoms with Crippen LogP contribution in [0.15, 0.2) is 40.9 Å². The van der Waals surface area contributed by atoms with Crippen LogP contribution in [0.1, 0.15) is 24.8 Å². The summed E-state index contributed by atoms with van der Waals surface area (Å²) in [6, 6.07) is 11.5. The summed E-state index contributed by atoms with van der Waals surface area (Å²) in [5.74, 6) is 0. The second-order valence-electron chi connectivity index (χ2n) is 4.64. The Morgan fingerprint density at radius 1 is 1.45 bits per heavy atom.